The Balaban J connectivity index is 1.66. The Bertz CT molecular complexity index is 1130. The van der Waals surface area contributed by atoms with Crippen LogP contribution in [0.15, 0.2) is 42.5 Å². The molecule has 0 spiro atoms. The molecule has 148 valence electrons. The third-order valence-electron chi connectivity index (χ3n) is 5.00. The second-order valence-electron chi connectivity index (χ2n) is 7.04. The normalized spacial score (nSPS) is 13.9. The maximum atomic E-state index is 13.0. The topological polar surface area (TPSA) is 59.5 Å². The fourth-order valence-electron chi connectivity index (χ4n) is 3.55. The van der Waals surface area contributed by atoms with Gasteiger partial charge < -0.3 is 9.64 Å². The van der Waals surface area contributed by atoms with Gasteiger partial charge in [0.2, 0.25) is 5.78 Å². The Kier molecular flexibility index (Phi) is 5.54. The van der Waals surface area contributed by atoms with Crippen molar-refractivity contribution in [2.24, 2.45) is 0 Å². The molecule has 7 heteroatoms. The van der Waals surface area contributed by atoms with E-state index in [1.807, 2.05) is 31.3 Å². The zero-order valence-corrected chi connectivity index (χ0v) is 17.3. The van der Waals surface area contributed by atoms with Crippen LogP contribution in [0.2, 0.25) is 10.0 Å². The Hall–Kier alpha value is -2.47. The van der Waals surface area contributed by atoms with Crippen LogP contribution in [0.25, 0.3) is 10.9 Å². The number of fused-ring (bicyclic) bond motifs is 2. The highest BCUT2D eigenvalue weighted by atomic mass is 35.5. The van der Waals surface area contributed by atoms with E-state index in [0.717, 1.165) is 35.1 Å². The predicted molar refractivity (Wildman–Crippen MR) is 113 cm³/mol. The number of nitrogens with zero attached hydrogens (tertiary/aromatic N) is 2. The predicted octanol–water partition coefficient (Wildman–Crippen LogP) is 4.57. The van der Waals surface area contributed by atoms with Crippen molar-refractivity contribution in [3.05, 3.63) is 74.9 Å². The zero-order valence-electron chi connectivity index (χ0n) is 15.7. The molecule has 1 aliphatic heterocycles. The minimum Gasteiger partial charge on any atom is -0.454 e. The summed E-state index contributed by atoms with van der Waals surface area (Å²) in [7, 11) is 2.00. The molecule has 29 heavy (non-hydrogen) atoms. The summed E-state index contributed by atoms with van der Waals surface area (Å²) >= 11 is 12.0. The van der Waals surface area contributed by atoms with Crippen LogP contribution in [0, 0.1) is 0 Å². The van der Waals surface area contributed by atoms with Crippen molar-refractivity contribution in [1.82, 2.24) is 9.88 Å². The van der Waals surface area contributed by atoms with Crippen LogP contribution in [-0.4, -0.2) is 41.8 Å². The number of ether oxygens (including phenoxy) is 1. The van der Waals surface area contributed by atoms with Gasteiger partial charge >= 0.3 is 5.97 Å². The van der Waals surface area contributed by atoms with Gasteiger partial charge in [-0.25, -0.2) is 4.79 Å². The number of hydrogen-bond acceptors (Lipinski definition) is 5. The number of rotatable bonds is 4. The van der Waals surface area contributed by atoms with E-state index in [1.54, 1.807) is 12.1 Å². The van der Waals surface area contributed by atoms with E-state index >= 15 is 0 Å². The number of pyridine rings is 1. The fourth-order valence-corrected chi connectivity index (χ4v) is 3.95. The lowest BCUT2D eigenvalue weighted by Crippen LogP contribution is -2.29. The average Bonchev–Trinajstić information content (AvgIpc) is 2.71. The van der Waals surface area contributed by atoms with Crippen LogP contribution in [0.1, 0.15) is 32.0 Å². The van der Waals surface area contributed by atoms with Crippen molar-refractivity contribution >= 4 is 45.9 Å². The van der Waals surface area contributed by atoms with Crippen molar-refractivity contribution in [3.8, 4) is 0 Å². The molecule has 2 aromatic carbocycles. The number of ketones is 1. The van der Waals surface area contributed by atoms with Gasteiger partial charge in [-0.05, 0) is 31.3 Å². The van der Waals surface area contributed by atoms with Gasteiger partial charge in [0.1, 0.15) is 0 Å². The minimum atomic E-state index is -0.540. The number of aromatic nitrogens is 1. The van der Waals surface area contributed by atoms with E-state index in [-0.39, 0.29) is 10.6 Å². The Morgan fingerprint density at radius 1 is 1.17 bits per heavy atom. The van der Waals surface area contributed by atoms with Crippen molar-refractivity contribution in [3.63, 3.8) is 0 Å². The fraction of sp³-hybridized carbons (Fsp3) is 0.227. The SMILES string of the molecule is CN1CCc2nc3ccccc3c(C(=O)OCC(=O)c3cc(Cl)ccc3Cl)c2C1. The molecule has 0 aliphatic carbocycles. The van der Waals surface area contributed by atoms with E-state index in [9.17, 15) is 9.59 Å². The Morgan fingerprint density at radius 3 is 2.79 bits per heavy atom. The lowest BCUT2D eigenvalue weighted by atomic mass is 9.96. The number of para-hydroxylation sites is 1. The monoisotopic (exact) mass is 428 g/mol. The van der Waals surface area contributed by atoms with Gasteiger partial charge in [0, 0.05) is 46.7 Å². The summed E-state index contributed by atoms with van der Waals surface area (Å²) in [5, 5.41) is 1.38. The highest BCUT2D eigenvalue weighted by Gasteiger charge is 2.26. The molecule has 0 radical (unpaired) electrons. The van der Waals surface area contributed by atoms with Crippen LogP contribution in [0.5, 0.6) is 0 Å². The quantitative estimate of drug-likeness (QED) is 0.449. The van der Waals surface area contributed by atoms with Crippen LogP contribution in [0.3, 0.4) is 0 Å². The van der Waals surface area contributed by atoms with Gasteiger partial charge in [-0.2, -0.15) is 0 Å². The van der Waals surface area contributed by atoms with Crippen molar-refractivity contribution in [2.45, 2.75) is 13.0 Å². The van der Waals surface area contributed by atoms with Gasteiger partial charge in [-0.1, -0.05) is 41.4 Å². The summed E-state index contributed by atoms with van der Waals surface area (Å²) in [6.07, 6.45) is 0.758. The second kappa shape index (κ2) is 8.11. The average molecular weight is 429 g/mol. The molecule has 1 aliphatic rings. The molecule has 0 saturated carbocycles. The first-order valence-electron chi connectivity index (χ1n) is 9.18. The third kappa shape index (κ3) is 3.99. The summed E-state index contributed by atoms with van der Waals surface area (Å²) in [6, 6.07) is 12.1. The molecule has 0 fully saturated rings. The molecule has 2 heterocycles. The molecule has 0 amide bonds. The smallest absolute Gasteiger partial charge is 0.339 e. The summed E-state index contributed by atoms with van der Waals surface area (Å²) < 4.78 is 5.41. The number of benzene rings is 2. The Labute approximate surface area is 178 Å². The van der Waals surface area contributed by atoms with E-state index in [2.05, 4.69) is 4.90 Å². The number of esters is 1. The molecule has 0 N–H and O–H groups in total. The first-order valence-corrected chi connectivity index (χ1v) is 9.94. The molecule has 0 atom stereocenters. The largest absolute Gasteiger partial charge is 0.454 e. The third-order valence-corrected chi connectivity index (χ3v) is 5.57. The first-order chi connectivity index (χ1) is 13.9. The van der Waals surface area contributed by atoms with Gasteiger partial charge in [-0.15, -0.1) is 0 Å². The summed E-state index contributed by atoms with van der Waals surface area (Å²) in [5.74, 6) is -0.947. The number of carbonyl (C=O) groups excluding carboxylic acids is 2. The minimum absolute atomic E-state index is 0.230. The van der Waals surface area contributed by atoms with E-state index < -0.39 is 18.4 Å². The van der Waals surface area contributed by atoms with Gasteiger partial charge in [0.05, 0.1) is 16.1 Å². The van der Waals surface area contributed by atoms with Crippen molar-refractivity contribution in [1.29, 1.82) is 0 Å². The van der Waals surface area contributed by atoms with E-state index in [1.165, 1.54) is 6.07 Å². The number of likely N-dealkylation sites (N-methyl/N-ethyl adjacent to an activating group) is 1. The second-order valence-corrected chi connectivity index (χ2v) is 7.88. The molecule has 0 saturated heterocycles. The summed E-state index contributed by atoms with van der Waals surface area (Å²) in [5.41, 5.74) is 3.20. The number of halogens is 2. The number of carbonyl (C=O) groups is 2. The van der Waals surface area contributed by atoms with E-state index in [4.69, 9.17) is 32.9 Å². The maximum Gasteiger partial charge on any atom is 0.339 e. The highest BCUT2D eigenvalue weighted by Crippen LogP contribution is 2.28. The van der Waals surface area contributed by atoms with Crippen LogP contribution in [-0.2, 0) is 17.7 Å². The molecule has 4 rings (SSSR count). The molecular formula is C22H18Cl2N2O3. The standard InChI is InChI=1S/C22H18Cl2N2O3/c1-26-9-8-19-16(11-26)21(14-4-2-3-5-18(14)25-19)22(28)29-12-20(27)15-10-13(23)6-7-17(15)24/h2-7,10H,8-9,11-12H2,1H3. The van der Waals surface area contributed by atoms with Crippen LogP contribution >= 0.6 is 23.2 Å². The molecular weight excluding hydrogens is 411 g/mol. The summed E-state index contributed by atoms with van der Waals surface area (Å²) in [4.78, 5) is 32.4. The van der Waals surface area contributed by atoms with E-state index in [0.29, 0.717) is 17.1 Å². The molecule has 1 aromatic heterocycles. The van der Waals surface area contributed by atoms with Crippen LogP contribution in [0.4, 0.5) is 0 Å². The van der Waals surface area contributed by atoms with Gasteiger partial charge in [-0.3, -0.25) is 9.78 Å². The van der Waals surface area contributed by atoms with Gasteiger partial charge in [0.25, 0.3) is 0 Å². The van der Waals surface area contributed by atoms with Crippen LogP contribution < -0.4 is 0 Å². The maximum absolute atomic E-state index is 13.0. The molecule has 0 unspecified atom stereocenters. The Morgan fingerprint density at radius 2 is 1.97 bits per heavy atom. The van der Waals surface area contributed by atoms with Crippen molar-refractivity contribution < 1.29 is 14.3 Å². The number of hydrogen-bond donors (Lipinski definition) is 0. The summed E-state index contributed by atoms with van der Waals surface area (Å²) in [6.45, 7) is 1.06. The lowest BCUT2D eigenvalue weighted by molar-refractivity contribution is 0.0474. The molecule has 3 aromatic rings. The zero-order chi connectivity index (χ0) is 20.5. The van der Waals surface area contributed by atoms with Gasteiger partial charge in [0.15, 0.2) is 6.61 Å². The molecule has 0 bridgehead atoms. The van der Waals surface area contributed by atoms with Crippen molar-refractivity contribution in [2.75, 3.05) is 20.2 Å². The molecule has 5 nitrogen and oxygen atoms in total. The highest BCUT2D eigenvalue weighted by molar-refractivity contribution is 6.36. The first kappa shape index (κ1) is 19.8. The lowest BCUT2D eigenvalue weighted by Gasteiger charge is -2.26. The number of Topliss-reactive ketones (excluding diaryl/α,β-unsaturated/α-hetero) is 1.